The molecule has 1 aromatic rings. The lowest BCUT2D eigenvalue weighted by Gasteiger charge is -2.33. The lowest BCUT2D eigenvalue weighted by atomic mass is 10.2. The summed E-state index contributed by atoms with van der Waals surface area (Å²) in [4.78, 5) is 29.7. The number of piperazine rings is 1. The molecule has 2 heterocycles. The minimum Gasteiger partial charge on any atom is -0.450 e. The first-order valence-electron chi connectivity index (χ1n) is 7.40. The number of carbonyl (C=O) groups is 2. The molecule has 0 aromatic carbocycles. The Morgan fingerprint density at radius 3 is 2.48 bits per heavy atom. The Balaban J connectivity index is 1.80. The summed E-state index contributed by atoms with van der Waals surface area (Å²) >= 11 is 1.58. The van der Waals surface area contributed by atoms with Gasteiger partial charge in [-0.1, -0.05) is 6.92 Å². The zero-order chi connectivity index (χ0) is 15.2. The summed E-state index contributed by atoms with van der Waals surface area (Å²) in [7, 11) is 0. The summed E-state index contributed by atoms with van der Waals surface area (Å²) in [6.45, 7) is 7.41. The second-order valence-electron chi connectivity index (χ2n) is 5.00. The van der Waals surface area contributed by atoms with Gasteiger partial charge in [0.2, 0.25) is 0 Å². The van der Waals surface area contributed by atoms with Crippen molar-refractivity contribution < 1.29 is 14.3 Å². The SMILES string of the molecule is CCOC(=O)N1CCN(CC(=O)c2ccc(CC)s2)CC1. The zero-order valence-corrected chi connectivity index (χ0v) is 13.4. The molecule has 0 N–H and O–H groups in total. The number of carbonyl (C=O) groups excluding carboxylic acids is 2. The second-order valence-corrected chi connectivity index (χ2v) is 6.17. The molecule has 116 valence electrons. The molecule has 0 atom stereocenters. The van der Waals surface area contributed by atoms with E-state index in [0.29, 0.717) is 26.2 Å². The van der Waals surface area contributed by atoms with Crippen molar-refractivity contribution in [3.05, 3.63) is 21.9 Å². The maximum Gasteiger partial charge on any atom is 0.409 e. The van der Waals surface area contributed by atoms with Crippen LogP contribution in [0.3, 0.4) is 0 Å². The Morgan fingerprint density at radius 2 is 1.90 bits per heavy atom. The van der Waals surface area contributed by atoms with Gasteiger partial charge in [-0.15, -0.1) is 11.3 Å². The first-order chi connectivity index (χ1) is 10.1. The van der Waals surface area contributed by atoms with Gasteiger partial charge in [-0.2, -0.15) is 0 Å². The number of hydrogen-bond acceptors (Lipinski definition) is 5. The molecule has 6 heteroatoms. The molecular formula is C15H22N2O3S. The topological polar surface area (TPSA) is 49.9 Å². The van der Waals surface area contributed by atoms with Crippen molar-refractivity contribution in [2.24, 2.45) is 0 Å². The van der Waals surface area contributed by atoms with Crippen molar-refractivity contribution >= 4 is 23.2 Å². The monoisotopic (exact) mass is 310 g/mol. The van der Waals surface area contributed by atoms with Gasteiger partial charge < -0.3 is 9.64 Å². The number of ketones is 1. The minimum absolute atomic E-state index is 0.171. The van der Waals surface area contributed by atoms with Gasteiger partial charge in [0.1, 0.15) is 0 Å². The molecule has 0 unspecified atom stereocenters. The fraction of sp³-hybridized carbons (Fsp3) is 0.600. The summed E-state index contributed by atoms with van der Waals surface area (Å²) in [5.41, 5.74) is 0. The average Bonchev–Trinajstić information content (AvgIpc) is 2.97. The van der Waals surface area contributed by atoms with Gasteiger partial charge >= 0.3 is 6.09 Å². The Labute approximate surface area is 129 Å². The van der Waals surface area contributed by atoms with Crippen molar-refractivity contribution in [3.63, 3.8) is 0 Å². The highest BCUT2D eigenvalue weighted by Gasteiger charge is 2.23. The third-order valence-electron chi connectivity index (χ3n) is 3.55. The van der Waals surface area contributed by atoms with Crippen LogP contribution in [-0.2, 0) is 11.2 Å². The minimum atomic E-state index is -0.255. The highest BCUT2D eigenvalue weighted by molar-refractivity contribution is 7.14. The van der Waals surface area contributed by atoms with E-state index >= 15 is 0 Å². The number of rotatable bonds is 5. The van der Waals surface area contributed by atoms with E-state index < -0.39 is 0 Å². The van der Waals surface area contributed by atoms with Gasteiger partial charge in [0.05, 0.1) is 18.0 Å². The van der Waals surface area contributed by atoms with Gasteiger partial charge in [-0.05, 0) is 25.5 Å². The number of amides is 1. The molecule has 2 rings (SSSR count). The van der Waals surface area contributed by atoms with Crippen LogP contribution in [0.1, 0.15) is 28.4 Å². The Hall–Kier alpha value is -1.40. The van der Waals surface area contributed by atoms with Crippen LogP contribution in [0.25, 0.3) is 0 Å². The summed E-state index contributed by atoms with van der Waals surface area (Å²) in [5, 5.41) is 0. The number of aryl methyl sites for hydroxylation is 1. The molecule has 0 bridgehead atoms. The van der Waals surface area contributed by atoms with E-state index in [4.69, 9.17) is 4.74 Å². The van der Waals surface area contributed by atoms with Crippen LogP contribution in [0.15, 0.2) is 12.1 Å². The van der Waals surface area contributed by atoms with Gasteiger partial charge in [-0.3, -0.25) is 9.69 Å². The van der Waals surface area contributed by atoms with E-state index in [1.807, 2.05) is 12.1 Å². The molecule has 1 aliphatic heterocycles. The van der Waals surface area contributed by atoms with Crippen LogP contribution in [0.2, 0.25) is 0 Å². The van der Waals surface area contributed by atoms with Crippen LogP contribution in [0.4, 0.5) is 4.79 Å². The predicted octanol–water partition coefficient (Wildman–Crippen LogP) is 2.27. The van der Waals surface area contributed by atoms with Crippen molar-refractivity contribution in [1.82, 2.24) is 9.80 Å². The standard InChI is InChI=1S/C15H22N2O3S/c1-3-12-5-6-14(21-12)13(18)11-16-7-9-17(10-8-16)15(19)20-4-2/h5-6H,3-4,7-11H2,1-2H3. The lowest BCUT2D eigenvalue weighted by molar-refractivity contribution is 0.0735. The van der Waals surface area contributed by atoms with E-state index in [-0.39, 0.29) is 11.9 Å². The van der Waals surface area contributed by atoms with E-state index in [9.17, 15) is 9.59 Å². The molecule has 1 amide bonds. The second kappa shape index (κ2) is 7.56. The van der Waals surface area contributed by atoms with E-state index in [1.54, 1.807) is 23.2 Å². The van der Waals surface area contributed by atoms with Crippen molar-refractivity contribution in [1.29, 1.82) is 0 Å². The smallest absolute Gasteiger partial charge is 0.409 e. The first-order valence-corrected chi connectivity index (χ1v) is 8.21. The quantitative estimate of drug-likeness (QED) is 0.783. The Morgan fingerprint density at radius 1 is 1.19 bits per heavy atom. The van der Waals surface area contributed by atoms with Gasteiger partial charge in [-0.25, -0.2) is 4.79 Å². The molecule has 1 saturated heterocycles. The highest BCUT2D eigenvalue weighted by Crippen LogP contribution is 2.18. The highest BCUT2D eigenvalue weighted by atomic mass is 32.1. The largest absolute Gasteiger partial charge is 0.450 e. The third kappa shape index (κ3) is 4.28. The number of hydrogen-bond donors (Lipinski definition) is 0. The van der Waals surface area contributed by atoms with Crippen molar-refractivity contribution in [3.8, 4) is 0 Å². The van der Waals surface area contributed by atoms with E-state index in [0.717, 1.165) is 24.4 Å². The molecule has 1 aliphatic rings. The Bertz CT molecular complexity index is 493. The third-order valence-corrected chi connectivity index (χ3v) is 4.82. The molecule has 1 fully saturated rings. The summed E-state index contributed by atoms with van der Waals surface area (Å²) in [5.74, 6) is 0.171. The molecule has 0 saturated carbocycles. The number of nitrogens with zero attached hydrogens (tertiary/aromatic N) is 2. The maximum absolute atomic E-state index is 12.2. The van der Waals surface area contributed by atoms with Crippen LogP contribution < -0.4 is 0 Å². The van der Waals surface area contributed by atoms with E-state index in [2.05, 4.69) is 11.8 Å². The lowest BCUT2D eigenvalue weighted by Crippen LogP contribution is -2.50. The van der Waals surface area contributed by atoms with Crippen LogP contribution in [0.5, 0.6) is 0 Å². The fourth-order valence-corrected chi connectivity index (χ4v) is 3.18. The summed E-state index contributed by atoms with van der Waals surface area (Å²) in [6, 6.07) is 3.94. The molecule has 1 aromatic heterocycles. The number of thiophene rings is 1. The van der Waals surface area contributed by atoms with Gasteiger partial charge in [0, 0.05) is 31.1 Å². The van der Waals surface area contributed by atoms with Crippen LogP contribution in [-0.4, -0.2) is 61.0 Å². The van der Waals surface area contributed by atoms with Crippen LogP contribution >= 0.6 is 11.3 Å². The van der Waals surface area contributed by atoms with Crippen molar-refractivity contribution in [2.45, 2.75) is 20.3 Å². The zero-order valence-electron chi connectivity index (χ0n) is 12.6. The predicted molar refractivity (Wildman–Crippen MR) is 83.1 cm³/mol. The molecule has 0 spiro atoms. The molecule has 0 aliphatic carbocycles. The van der Waals surface area contributed by atoms with Gasteiger partial charge in [0.25, 0.3) is 0 Å². The first kappa shape index (κ1) is 16.0. The average molecular weight is 310 g/mol. The molecule has 21 heavy (non-hydrogen) atoms. The molecule has 0 radical (unpaired) electrons. The van der Waals surface area contributed by atoms with E-state index in [1.165, 1.54) is 4.88 Å². The molecule has 5 nitrogen and oxygen atoms in total. The van der Waals surface area contributed by atoms with Crippen molar-refractivity contribution in [2.75, 3.05) is 39.3 Å². The number of Topliss-reactive ketones (excluding diaryl/α,β-unsaturated/α-hetero) is 1. The summed E-state index contributed by atoms with van der Waals surface area (Å²) < 4.78 is 4.99. The summed E-state index contributed by atoms with van der Waals surface area (Å²) in [6.07, 6.45) is 0.713. The number of ether oxygens (including phenoxy) is 1. The normalized spacial score (nSPS) is 16.0. The van der Waals surface area contributed by atoms with Gasteiger partial charge in [0.15, 0.2) is 5.78 Å². The fourth-order valence-electron chi connectivity index (χ4n) is 2.30. The van der Waals surface area contributed by atoms with Crippen LogP contribution in [0, 0.1) is 0 Å². The maximum atomic E-state index is 12.2. The molecular weight excluding hydrogens is 288 g/mol. The Kier molecular flexibility index (Phi) is 5.76.